The van der Waals surface area contributed by atoms with Gasteiger partial charge in [0, 0.05) is 11.4 Å². The number of rotatable bonds is 5. The van der Waals surface area contributed by atoms with Crippen molar-refractivity contribution in [2.24, 2.45) is 5.92 Å². The van der Waals surface area contributed by atoms with E-state index in [0.29, 0.717) is 17.4 Å². The predicted molar refractivity (Wildman–Crippen MR) is 82.2 cm³/mol. The lowest BCUT2D eigenvalue weighted by atomic mass is 9.96. The zero-order chi connectivity index (χ0) is 13.9. The third kappa shape index (κ3) is 4.26. The molecule has 19 heavy (non-hydrogen) atoms. The molecule has 4 nitrogen and oxygen atoms in total. The van der Waals surface area contributed by atoms with Gasteiger partial charge in [0.15, 0.2) is 0 Å². The first-order chi connectivity index (χ1) is 8.99. The summed E-state index contributed by atoms with van der Waals surface area (Å²) in [7, 11) is -3.36. The molecular weight excluding hydrogens is 348 g/mol. The minimum atomic E-state index is -3.36. The number of aryl methyl sites for hydroxylation is 1. The lowest BCUT2D eigenvalue weighted by Gasteiger charge is -2.22. The molecule has 0 bridgehead atoms. The van der Waals surface area contributed by atoms with Crippen LogP contribution in [0, 0.1) is 12.8 Å². The van der Waals surface area contributed by atoms with E-state index in [9.17, 15) is 8.42 Å². The van der Waals surface area contributed by atoms with Crippen LogP contribution in [-0.2, 0) is 10.0 Å². The van der Waals surface area contributed by atoms with Crippen LogP contribution in [0.3, 0.4) is 0 Å². The summed E-state index contributed by atoms with van der Waals surface area (Å²) in [6.45, 7) is 4.44. The zero-order valence-corrected chi connectivity index (χ0v) is 14.1. The van der Waals surface area contributed by atoms with E-state index in [1.807, 2.05) is 6.92 Å². The molecule has 1 aromatic heterocycles. The van der Waals surface area contributed by atoms with Gasteiger partial charge in [0.25, 0.3) is 0 Å². The third-order valence-corrected chi connectivity index (χ3v) is 6.65. The van der Waals surface area contributed by atoms with Crippen LogP contribution in [0.5, 0.6) is 0 Å². The quantitative estimate of drug-likeness (QED) is 0.841. The molecule has 108 valence electrons. The molecule has 1 unspecified atom stereocenters. The maximum Gasteiger partial charge on any atom is 0.241 e. The Labute approximate surface area is 127 Å². The van der Waals surface area contributed by atoms with Crippen LogP contribution in [0.4, 0.5) is 0 Å². The van der Waals surface area contributed by atoms with Gasteiger partial charge >= 0.3 is 0 Å². The van der Waals surface area contributed by atoms with Gasteiger partial charge in [-0.15, -0.1) is 11.3 Å². The summed E-state index contributed by atoms with van der Waals surface area (Å²) in [4.78, 5) is 1.21. The van der Waals surface area contributed by atoms with Crippen LogP contribution in [0.2, 0.25) is 0 Å². The van der Waals surface area contributed by atoms with E-state index < -0.39 is 10.0 Å². The molecule has 7 heteroatoms. The fourth-order valence-corrected chi connectivity index (χ4v) is 5.80. The van der Waals surface area contributed by atoms with E-state index in [2.05, 4.69) is 26.0 Å². The van der Waals surface area contributed by atoms with Crippen LogP contribution in [-0.4, -0.2) is 28.1 Å². The molecule has 0 radical (unpaired) electrons. The van der Waals surface area contributed by atoms with E-state index in [0.717, 1.165) is 28.2 Å². The van der Waals surface area contributed by atoms with Gasteiger partial charge in [-0.2, -0.15) is 0 Å². The lowest BCUT2D eigenvalue weighted by Crippen LogP contribution is -2.33. The molecule has 2 N–H and O–H groups in total. The number of thiophene rings is 1. The van der Waals surface area contributed by atoms with Crippen molar-refractivity contribution in [2.75, 3.05) is 19.6 Å². The topological polar surface area (TPSA) is 58.2 Å². The minimum absolute atomic E-state index is 0.395. The number of halogens is 1. The standard InChI is InChI=1S/C12H19BrN2O2S2/c1-9-11(7-12(13)18-9)19(16,17)15-6-4-10-3-2-5-14-8-10/h7,10,14-15H,2-6,8H2,1H3. The summed E-state index contributed by atoms with van der Waals surface area (Å²) in [5, 5.41) is 3.34. The van der Waals surface area contributed by atoms with Crippen LogP contribution in [0.15, 0.2) is 14.7 Å². The molecule has 1 aliphatic heterocycles. The molecule has 0 saturated carbocycles. The van der Waals surface area contributed by atoms with E-state index in [1.165, 1.54) is 24.2 Å². The molecule has 0 aromatic carbocycles. The van der Waals surface area contributed by atoms with Gasteiger partial charge < -0.3 is 5.32 Å². The maximum absolute atomic E-state index is 12.2. The van der Waals surface area contributed by atoms with Crippen LogP contribution in [0.25, 0.3) is 0 Å². The SMILES string of the molecule is Cc1sc(Br)cc1S(=O)(=O)NCCC1CCCNC1. The highest BCUT2D eigenvalue weighted by Crippen LogP contribution is 2.29. The monoisotopic (exact) mass is 366 g/mol. The van der Waals surface area contributed by atoms with E-state index in [4.69, 9.17) is 0 Å². The molecule has 1 saturated heterocycles. The van der Waals surface area contributed by atoms with Gasteiger partial charge in [-0.1, -0.05) is 0 Å². The van der Waals surface area contributed by atoms with Crippen LogP contribution >= 0.6 is 27.3 Å². The summed E-state index contributed by atoms with van der Waals surface area (Å²) in [6.07, 6.45) is 3.28. The summed E-state index contributed by atoms with van der Waals surface area (Å²) in [5.41, 5.74) is 0. The van der Waals surface area contributed by atoms with Crippen molar-refractivity contribution in [2.45, 2.75) is 31.1 Å². The first-order valence-electron chi connectivity index (χ1n) is 6.45. The fraction of sp³-hybridized carbons (Fsp3) is 0.667. The second-order valence-corrected chi connectivity index (χ2v) is 9.24. The molecule has 1 fully saturated rings. The van der Waals surface area contributed by atoms with Crippen molar-refractivity contribution < 1.29 is 8.42 Å². The number of nitrogens with one attached hydrogen (secondary N) is 2. The van der Waals surface area contributed by atoms with Gasteiger partial charge in [0.2, 0.25) is 10.0 Å². The van der Waals surface area contributed by atoms with Gasteiger partial charge in [-0.25, -0.2) is 13.1 Å². The predicted octanol–water partition coefficient (Wildman–Crippen LogP) is 2.49. The largest absolute Gasteiger partial charge is 0.316 e. The van der Waals surface area contributed by atoms with Crippen molar-refractivity contribution in [3.8, 4) is 0 Å². The fourth-order valence-electron chi connectivity index (χ4n) is 2.34. The Balaban J connectivity index is 1.89. The molecule has 1 aromatic rings. The Bertz CT molecular complexity index is 522. The van der Waals surface area contributed by atoms with Gasteiger partial charge in [0.1, 0.15) is 0 Å². The Kier molecular flexibility index (Phi) is 5.42. The molecule has 0 amide bonds. The zero-order valence-electron chi connectivity index (χ0n) is 10.9. The molecule has 0 aliphatic carbocycles. The number of sulfonamides is 1. The Hall–Kier alpha value is 0.0500. The summed E-state index contributed by atoms with van der Waals surface area (Å²) in [5.74, 6) is 0.590. The highest BCUT2D eigenvalue weighted by Gasteiger charge is 2.20. The van der Waals surface area contributed by atoms with Crippen LogP contribution in [0.1, 0.15) is 24.1 Å². The number of hydrogen-bond donors (Lipinski definition) is 2. The number of hydrogen-bond acceptors (Lipinski definition) is 4. The van der Waals surface area contributed by atoms with Crippen molar-refractivity contribution in [1.82, 2.24) is 10.0 Å². The summed E-state index contributed by atoms with van der Waals surface area (Å²) < 4.78 is 27.9. The first kappa shape index (κ1) is 15.4. The van der Waals surface area contributed by atoms with E-state index >= 15 is 0 Å². The smallest absolute Gasteiger partial charge is 0.241 e. The molecule has 1 aliphatic rings. The number of piperidine rings is 1. The second kappa shape index (κ2) is 6.67. The maximum atomic E-state index is 12.2. The first-order valence-corrected chi connectivity index (χ1v) is 9.54. The summed E-state index contributed by atoms with van der Waals surface area (Å²) >= 11 is 4.77. The Morgan fingerprint density at radius 2 is 2.37 bits per heavy atom. The molecule has 2 rings (SSSR count). The minimum Gasteiger partial charge on any atom is -0.316 e. The molecule has 2 heterocycles. The second-order valence-electron chi connectivity index (χ2n) is 4.87. The average Bonchev–Trinajstić information content (AvgIpc) is 2.70. The molecule has 1 atom stereocenters. The normalized spacial score (nSPS) is 20.6. The average molecular weight is 367 g/mol. The molecular formula is C12H19BrN2O2S2. The van der Waals surface area contributed by atoms with Gasteiger partial charge in [0.05, 0.1) is 8.68 Å². The summed E-state index contributed by atoms with van der Waals surface area (Å²) in [6, 6.07) is 1.67. The molecule has 0 spiro atoms. The van der Waals surface area contributed by atoms with E-state index in [1.54, 1.807) is 6.07 Å². The van der Waals surface area contributed by atoms with Crippen LogP contribution < -0.4 is 10.0 Å². The van der Waals surface area contributed by atoms with Crippen molar-refractivity contribution in [1.29, 1.82) is 0 Å². The van der Waals surface area contributed by atoms with Crippen molar-refractivity contribution in [3.05, 3.63) is 14.7 Å². The van der Waals surface area contributed by atoms with Gasteiger partial charge in [-0.05, 0) is 67.2 Å². The van der Waals surface area contributed by atoms with Crippen molar-refractivity contribution in [3.63, 3.8) is 0 Å². The third-order valence-electron chi connectivity index (χ3n) is 3.38. The van der Waals surface area contributed by atoms with E-state index in [-0.39, 0.29) is 0 Å². The lowest BCUT2D eigenvalue weighted by molar-refractivity contribution is 0.358. The van der Waals surface area contributed by atoms with Gasteiger partial charge in [-0.3, -0.25) is 0 Å². The highest BCUT2D eigenvalue weighted by atomic mass is 79.9. The highest BCUT2D eigenvalue weighted by molar-refractivity contribution is 9.11. The Morgan fingerprint density at radius 3 is 2.95 bits per heavy atom. The van der Waals surface area contributed by atoms with Crippen molar-refractivity contribution >= 4 is 37.3 Å². The Morgan fingerprint density at radius 1 is 1.58 bits per heavy atom.